The van der Waals surface area contributed by atoms with Crippen LogP contribution in [0, 0.1) is 11.8 Å². The minimum absolute atomic E-state index is 0.0000926. The number of nitrogens with one attached hydrogen (secondary N) is 1. The van der Waals surface area contributed by atoms with Crippen LogP contribution in [0.2, 0.25) is 0 Å². The van der Waals surface area contributed by atoms with Crippen molar-refractivity contribution in [2.75, 3.05) is 19.6 Å². The molecule has 0 radical (unpaired) electrons. The fraction of sp³-hybridized carbons (Fsp3) is 0.615. The molecule has 2 aliphatic heterocycles. The van der Waals surface area contributed by atoms with Crippen molar-refractivity contribution in [1.82, 2.24) is 10.2 Å². The van der Waals surface area contributed by atoms with E-state index in [0.717, 1.165) is 19.6 Å². The summed E-state index contributed by atoms with van der Waals surface area (Å²) in [6.07, 6.45) is 0. The normalized spacial score (nSPS) is 29.6. The SMILES string of the molecule is CC1(C)C2CNCC2CN1C(=O)c1ccc(Br)o1. The number of hydrogen-bond acceptors (Lipinski definition) is 3. The molecule has 0 bridgehead atoms. The van der Waals surface area contributed by atoms with Crippen molar-refractivity contribution < 1.29 is 9.21 Å². The summed E-state index contributed by atoms with van der Waals surface area (Å²) in [6, 6.07) is 3.49. The minimum atomic E-state index is -0.107. The summed E-state index contributed by atoms with van der Waals surface area (Å²) in [7, 11) is 0. The number of fused-ring (bicyclic) bond motifs is 1. The van der Waals surface area contributed by atoms with Crippen LogP contribution in [-0.4, -0.2) is 36.0 Å². The third-order valence-electron chi connectivity index (χ3n) is 4.39. The fourth-order valence-electron chi connectivity index (χ4n) is 3.33. The highest BCUT2D eigenvalue weighted by atomic mass is 79.9. The molecule has 0 spiro atoms. The van der Waals surface area contributed by atoms with E-state index in [1.807, 2.05) is 4.90 Å². The van der Waals surface area contributed by atoms with E-state index in [9.17, 15) is 4.79 Å². The third kappa shape index (κ3) is 1.72. The summed E-state index contributed by atoms with van der Waals surface area (Å²) in [4.78, 5) is 14.5. The van der Waals surface area contributed by atoms with Crippen LogP contribution in [0.5, 0.6) is 0 Å². The molecule has 2 saturated heterocycles. The second-order valence-corrected chi connectivity index (χ2v) is 6.48. The zero-order valence-electron chi connectivity index (χ0n) is 10.6. The number of likely N-dealkylation sites (tertiary alicyclic amines) is 1. The number of rotatable bonds is 1. The van der Waals surface area contributed by atoms with Crippen molar-refractivity contribution in [2.24, 2.45) is 11.8 Å². The first kappa shape index (κ1) is 12.2. The minimum Gasteiger partial charge on any atom is -0.444 e. The zero-order valence-corrected chi connectivity index (χ0v) is 12.2. The predicted octanol–water partition coefficient (Wildman–Crippen LogP) is 2.11. The highest BCUT2D eigenvalue weighted by molar-refractivity contribution is 9.10. The second-order valence-electron chi connectivity index (χ2n) is 5.70. The molecule has 2 unspecified atom stereocenters. The van der Waals surface area contributed by atoms with E-state index in [1.165, 1.54) is 0 Å². The van der Waals surface area contributed by atoms with Gasteiger partial charge >= 0.3 is 0 Å². The molecule has 1 aromatic heterocycles. The Morgan fingerprint density at radius 3 is 2.89 bits per heavy atom. The van der Waals surface area contributed by atoms with Gasteiger partial charge in [-0.3, -0.25) is 4.79 Å². The van der Waals surface area contributed by atoms with Crippen molar-refractivity contribution >= 4 is 21.8 Å². The highest BCUT2D eigenvalue weighted by Crippen LogP contribution is 2.41. The Morgan fingerprint density at radius 2 is 2.28 bits per heavy atom. The van der Waals surface area contributed by atoms with Gasteiger partial charge in [0.15, 0.2) is 10.4 Å². The molecule has 0 saturated carbocycles. The lowest BCUT2D eigenvalue weighted by Crippen LogP contribution is -2.47. The number of amides is 1. The number of carbonyl (C=O) groups excluding carboxylic acids is 1. The average molecular weight is 313 g/mol. The van der Waals surface area contributed by atoms with Crippen LogP contribution >= 0.6 is 15.9 Å². The van der Waals surface area contributed by atoms with E-state index < -0.39 is 0 Å². The summed E-state index contributed by atoms with van der Waals surface area (Å²) in [5, 5.41) is 3.41. The Labute approximate surface area is 115 Å². The number of halogens is 1. The molecule has 5 heteroatoms. The van der Waals surface area contributed by atoms with Gasteiger partial charge in [0.25, 0.3) is 5.91 Å². The van der Waals surface area contributed by atoms with Crippen molar-refractivity contribution in [3.8, 4) is 0 Å². The van der Waals surface area contributed by atoms with Crippen LogP contribution in [0.15, 0.2) is 21.2 Å². The lowest BCUT2D eigenvalue weighted by atomic mass is 9.85. The molecule has 1 aromatic rings. The maximum Gasteiger partial charge on any atom is 0.290 e. The van der Waals surface area contributed by atoms with Crippen molar-refractivity contribution in [2.45, 2.75) is 19.4 Å². The molecule has 0 aromatic carbocycles. The van der Waals surface area contributed by atoms with Gasteiger partial charge in [-0.1, -0.05) is 0 Å². The van der Waals surface area contributed by atoms with Crippen LogP contribution in [0.1, 0.15) is 24.4 Å². The van der Waals surface area contributed by atoms with Gasteiger partial charge in [0.05, 0.1) is 0 Å². The first-order valence-electron chi connectivity index (χ1n) is 6.28. The molecule has 2 aliphatic rings. The van der Waals surface area contributed by atoms with Crippen LogP contribution < -0.4 is 5.32 Å². The summed E-state index contributed by atoms with van der Waals surface area (Å²) >= 11 is 3.24. The van der Waals surface area contributed by atoms with Gasteiger partial charge in [0, 0.05) is 25.2 Å². The Morgan fingerprint density at radius 1 is 1.50 bits per heavy atom. The number of furan rings is 1. The largest absolute Gasteiger partial charge is 0.444 e. The molecule has 0 aliphatic carbocycles. The summed E-state index contributed by atoms with van der Waals surface area (Å²) in [5.74, 6) is 1.53. The van der Waals surface area contributed by atoms with Gasteiger partial charge in [0.1, 0.15) is 0 Å². The standard InChI is InChI=1S/C13H17BrN2O2/c1-13(2)9-6-15-5-8(9)7-16(13)12(17)10-3-4-11(14)18-10/h3-4,8-9,15H,5-7H2,1-2H3. The van der Waals surface area contributed by atoms with Crippen LogP contribution in [-0.2, 0) is 0 Å². The lowest BCUT2D eigenvalue weighted by molar-refractivity contribution is 0.0569. The maximum absolute atomic E-state index is 12.5. The highest BCUT2D eigenvalue weighted by Gasteiger charge is 2.51. The summed E-state index contributed by atoms with van der Waals surface area (Å²) < 4.78 is 5.98. The van der Waals surface area contributed by atoms with Crippen LogP contribution in [0.3, 0.4) is 0 Å². The Kier molecular flexibility index (Phi) is 2.79. The Bertz CT molecular complexity index is 483. The molecular formula is C13H17BrN2O2. The second kappa shape index (κ2) is 4.10. The van der Waals surface area contributed by atoms with Crippen LogP contribution in [0.4, 0.5) is 0 Å². The molecule has 1 N–H and O–H groups in total. The zero-order chi connectivity index (χ0) is 12.9. The maximum atomic E-state index is 12.5. The van der Waals surface area contributed by atoms with Crippen LogP contribution in [0.25, 0.3) is 0 Å². The average Bonchev–Trinajstić information content (AvgIpc) is 2.96. The van der Waals surface area contributed by atoms with Gasteiger partial charge in [-0.05, 0) is 53.7 Å². The van der Waals surface area contributed by atoms with Crippen molar-refractivity contribution in [1.29, 1.82) is 0 Å². The number of hydrogen-bond donors (Lipinski definition) is 1. The van der Waals surface area contributed by atoms with Gasteiger partial charge in [-0.2, -0.15) is 0 Å². The molecule has 1 amide bonds. The van der Waals surface area contributed by atoms with E-state index in [2.05, 4.69) is 35.1 Å². The lowest BCUT2D eigenvalue weighted by Gasteiger charge is -2.35. The molecule has 18 heavy (non-hydrogen) atoms. The van der Waals surface area contributed by atoms with Gasteiger partial charge in [-0.15, -0.1) is 0 Å². The quantitative estimate of drug-likeness (QED) is 0.864. The smallest absolute Gasteiger partial charge is 0.290 e. The third-order valence-corrected chi connectivity index (χ3v) is 4.82. The summed E-state index contributed by atoms with van der Waals surface area (Å²) in [5.41, 5.74) is -0.107. The Hall–Kier alpha value is -0.810. The first-order valence-corrected chi connectivity index (χ1v) is 7.07. The van der Waals surface area contributed by atoms with E-state index in [4.69, 9.17) is 4.42 Å². The number of nitrogens with zero attached hydrogens (tertiary/aromatic N) is 1. The van der Waals surface area contributed by atoms with Gasteiger partial charge in [0.2, 0.25) is 0 Å². The molecule has 2 fully saturated rings. The molecular weight excluding hydrogens is 296 g/mol. The van der Waals surface area contributed by atoms with E-state index in [0.29, 0.717) is 22.3 Å². The predicted molar refractivity (Wildman–Crippen MR) is 71.4 cm³/mol. The van der Waals surface area contributed by atoms with Gasteiger partial charge in [-0.25, -0.2) is 0 Å². The Balaban J connectivity index is 1.87. The van der Waals surface area contributed by atoms with Gasteiger partial charge < -0.3 is 14.6 Å². The van der Waals surface area contributed by atoms with E-state index in [-0.39, 0.29) is 11.4 Å². The molecule has 98 valence electrons. The molecule has 3 heterocycles. The molecule has 2 atom stereocenters. The first-order chi connectivity index (χ1) is 8.50. The summed E-state index contributed by atoms with van der Waals surface area (Å²) in [6.45, 7) is 7.14. The molecule has 3 rings (SSSR count). The number of carbonyl (C=O) groups is 1. The topological polar surface area (TPSA) is 45.5 Å². The molecule has 4 nitrogen and oxygen atoms in total. The monoisotopic (exact) mass is 312 g/mol. The van der Waals surface area contributed by atoms with E-state index in [1.54, 1.807) is 12.1 Å². The van der Waals surface area contributed by atoms with E-state index >= 15 is 0 Å². The fourth-order valence-corrected chi connectivity index (χ4v) is 3.63. The van der Waals surface area contributed by atoms with Crippen molar-refractivity contribution in [3.05, 3.63) is 22.6 Å². The van der Waals surface area contributed by atoms with Crippen molar-refractivity contribution in [3.63, 3.8) is 0 Å².